The van der Waals surface area contributed by atoms with Gasteiger partial charge in [0.2, 0.25) is 5.54 Å². The number of benzene rings is 2. The van der Waals surface area contributed by atoms with Crippen molar-refractivity contribution < 1.29 is 41.5 Å². The minimum atomic E-state index is -4.71. The maximum atomic E-state index is 14.4. The quantitative estimate of drug-likeness (QED) is 0.201. The van der Waals surface area contributed by atoms with E-state index in [9.17, 15) is 37.0 Å². The van der Waals surface area contributed by atoms with Crippen molar-refractivity contribution in [2.24, 2.45) is 0 Å². The van der Waals surface area contributed by atoms with Crippen molar-refractivity contribution in [2.75, 3.05) is 6.61 Å². The third-order valence-corrected chi connectivity index (χ3v) is 7.49. The van der Waals surface area contributed by atoms with Gasteiger partial charge >= 0.3 is 12.1 Å². The zero-order valence-electron chi connectivity index (χ0n) is 22.1. The van der Waals surface area contributed by atoms with Gasteiger partial charge in [0.15, 0.2) is 23.2 Å². The molecule has 0 amide bonds. The van der Waals surface area contributed by atoms with E-state index in [2.05, 4.69) is 20.2 Å². The van der Waals surface area contributed by atoms with E-state index in [1.165, 1.54) is 24.4 Å². The van der Waals surface area contributed by atoms with Gasteiger partial charge in [0.1, 0.15) is 17.1 Å². The average Bonchev–Trinajstić information content (AvgIpc) is 3.55. The highest BCUT2D eigenvalue weighted by molar-refractivity contribution is 5.81. The monoisotopic (exact) mass is 599 g/mol. The van der Waals surface area contributed by atoms with Crippen LogP contribution in [0.2, 0.25) is 0 Å². The molecule has 9 nitrogen and oxygen atoms in total. The molecule has 1 unspecified atom stereocenters. The summed E-state index contributed by atoms with van der Waals surface area (Å²) in [6.07, 6.45) is -1.11. The van der Waals surface area contributed by atoms with Crippen LogP contribution in [0.3, 0.4) is 0 Å². The van der Waals surface area contributed by atoms with Crippen molar-refractivity contribution in [3.8, 4) is 34.0 Å². The minimum Gasteiger partial charge on any atom is -0.479 e. The molecular formula is C29H22F5N5O4. The molecule has 1 atom stereocenters. The number of carboxylic acid groups (broad SMARTS) is 1. The molecule has 3 aliphatic rings. The van der Waals surface area contributed by atoms with Gasteiger partial charge in [-0.1, -0.05) is 23.4 Å². The van der Waals surface area contributed by atoms with Crippen molar-refractivity contribution in [3.63, 3.8) is 0 Å². The van der Waals surface area contributed by atoms with Gasteiger partial charge in [0, 0.05) is 18.2 Å². The number of aliphatic hydroxyl groups is 1. The Bertz CT molecular complexity index is 1800. The number of imidazole rings is 1. The lowest BCUT2D eigenvalue weighted by atomic mass is 9.89. The number of aliphatic hydroxyl groups excluding tert-OH is 1. The van der Waals surface area contributed by atoms with Crippen molar-refractivity contribution in [2.45, 2.75) is 43.3 Å². The first-order valence-electron chi connectivity index (χ1n) is 13.2. The molecule has 2 N–H and O–H groups in total. The van der Waals surface area contributed by atoms with Gasteiger partial charge in [-0.3, -0.25) is 0 Å². The maximum absolute atomic E-state index is 14.4. The Morgan fingerprint density at radius 2 is 1.79 bits per heavy atom. The highest BCUT2D eigenvalue weighted by Gasteiger charge is 2.47. The standard InChI is InChI=1S/C29H22F5N5O4/c30-20-4-1-3-18(25(20)31)26-36-22-13-35-39(14-23(22)37-26)28(27(41)42,9-2-10-40)24-12-21(38-43-24)17-8-7-16(15-5-6-15)11-19(17)29(32,33)34/h1,3-4,7-8,11-15,40H,2,5-6,9-10H2,(H,41,42). The largest absolute Gasteiger partial charge is 0.479 e. The lowest BCUT2D eigenvalue weighted by Gasteiger charge is -2.28. The Morgan fingerprint density at radius 1 is 1.02 bits per heavy atom. The predicted molar refractivity (Wildman–Crippen MR) is 140 cm³/mol. The number of halogens is 5. The van der Waals surface area contributed by atoms with Crippen LogP contribution in [0.5, 0.6) is 0 Å². The number of carboxylic acids is 1. The zero-order chi connectivity index (χ0) is 30.5. The molecule has 1 saturated carbocycles. The first-order valence-corrected chi connectivity index (χ1v) is 13.2. The summed E-state index contributed by atoms with van der Waals surface area (Å²) in [7, 11) is 0. The fourth-order valence-corrected chi connectivity index (χ4v) is 5.11. The normalized spacial score (nSPS) is 15.1. The first-order chi connectivity index (χ1) is 20.5. The van der Waals surface area contributed by atoms with Crippen molar-refractivity contribution in [1.82, 2.24) is 24.9 Å². The van der Waals surface area contributed by atoms with Gasteiger partial charge in [-0.05, 0) is 55.4 Å². The molecule has 0 bridgehead atoms. The van der Waals surface area contributed by atoms with Crippen molar-refractivity contribution >= 4 is 5.97 Å². The van der Waals surface area contributed by atoms with E-state index in [1.807, 2.05) is 0 Å². The number of carbonyl (C=O) groups is 1. The Morgan fingerprint density at radius 3 is 2.49 bits per heavy atom. The van der Waals surface area contributed by atoms with Crippen LogP contribution in [0.25, 0.3) is 34.0 Å². The fraction of sp³-hybridized carbons (Fsp3) is 0.276. The third-order valence-electron chi connectivity index (χ3n) is 7.49. The zero-order valence-corrected chi connectivity index (χ0v) is 22.1. The van der Waals surface area contributed by atoms with Gasteiger partial charge in [0.25, 0.3) is 0 Å². The Hall–Kier alpha value is -4.72. The minimum absolute atomic E-state index is 0.0641. The summed E-state index contributed by atoms with van der Waals surface area (Å²) >= 11 is 0. The summed E-state index contributed by atoms with van der Waals surface area (Å²) in [5.41, 5.74) is -3.09. The molecule has 0 saturated heterocycles. The van der Waals surface area contributed by atoms with Gasteiger partial charge in [-0.15, -0.1) is 0 Å². The molecule has 1 fully saturated rings. The van der Waals surface area contributed by atoms with Crippen LogP contribution in [0.15, 0.2) is 59.4 Å². The highest BCUT2D eigenvalue weighted by Crippen LogP contribution is 2.45. The SMILES string of the molecule is O=C(O)C(CCCO)(c1cc(-c2ccc(C3CC3)cc2C(F)(F)F)no1)n1cc2nc(-c3cccc(F)c3F)nc-2cn1. The molecule has 1 aromatic heterocycles. The molecule has 0 spiro atoms. The molecule has 3 aromatic rings. The van der Waals surface area contributed by atoms with Crippen LogP contribution in [0, 0.1) is 11.6 Å². The second-order valence-corrected chi connectivity index (χ2v) is 10.3. The first kappa shape index (κ1) is 28.4. The summed E-state index contributed by atoms with van der Waals surface area (Å²) in [6, 6.07) is 8.56. The van der Waals surface area contributed by atoms with Crippen LogP contribution in [0.4, 0.5) is 22.0 Å². The van der Waals surface area contributed by atoms with E-state index in [0.717, 1.165) is 41.9 Å². The lowest BCUT2D eigenvalue weighted by Crippen LogP contribution is -2.44. The number of hydrogen-bond donors (Lipinski definition) is 2. The van der Waals surface area contributed by atoms with Gasteiger partial charge < -0.3 is 14.7 Å². The molecule has 3 heterocycles. The molecule has 2 aliphatic heterocycles. The summed E-state index contributed by atoms with van der Waals surface area (Å²) in [5, 5.41) is 28.0. The Kier molecular flexibility index (Phi) is 6.95. The molecule has 1 aliphatic carbocycles. The smallest absolute Gasteiger partial charge is 0.417 e. The molecular weight excluding hydrogens is 577 g/mol. The maximum Gasteiger partial charge on any atom is 0.417 e. The van der Waals surface area contributed by atoms with E-state index in [0.29, 0.717) is 5.56 Å². The second kappa shape index (κ2) is 10.5. The lowest BCUT2D eigenvalue weighted by molar-refractivity contribution is -0.147. The van der Waals surface area contributed by atoms with Crippen molar-refractivity contribution in [1.29, 1.82) is 0 Å². The number of hydrogen-bond acceptors (Lipinski definition) is 7. The summed E-state index contributed by atoms with van der Waals surface area (Å²) < 4.78 is 76.8. The van der Waals surface area contributed by atoms with Crippen LogP contribution in [-0.4, -0.2) is 47.7 Å². The number of fused-ring (bicyclic) bond motifs is 1. The summed E-state index contributed by atoms with van der Waals surface area (Å²) in [5.74, 6) is -4.23. The van der Waals surface area contributed by atoms with Gasteiger partial charge in [-0.2, -0.15) is 18.3 Å². The van der Waals surface area contributed by atoms with E-state index < -0.39 is 41.5 Å². The van der Waals surface area contributed by atoms with Crippen LogP contribution in [0.1, 0.15) is 48.5 Å². The number of alkyl halides is 3. The summed E-state index contributed by atoms with van der Waals surface area (Å²) in [6.45, 7) is -0.418. The molecule has 2 aromatic carbocycles. The topological polar surface area (TPSA) is 127 Å². The molecule has 43 heavy (non-hydrogen) atoms. The Labute approximate surface area is 240 Å². The predicted octanol–water partition coefficient (Wildman–Crippen LogP) is 5.88. The number of aliphatic carboxylic acids is 1. The molecule has 222 valence electrons. The van der Waals surface area contributed by atoms with E-state index in [-0.39, 0.29) is 58.6 Å². The van der Waals surface area contributed by atoms with Crippen LogP contribution in [-0.2, 0) is 16.5 Å². The van der Waals surface area contributed by atoms with E-state index in [1.54, 1.807) is 6.07 Å². The summed E-state index contributed by atoms with van der Waals surface area (Å²) in [4.78, 5) is 21.3. The third kappa shape index (κ3) is 5.01. The number of rotatable bonds is 9. The number of aromatic nitrogens is 5. The van der Waals surface area contributed by atoms with E-state index >= 15 is 0 Å². The van der Waals surface area contributed by atoms with Crippen LogP contribution >= 0.6 is 0 Å². The van der Waals surface area contributed by atoms with Gasteiger partial charge in [-0.25, -0.2) is 28.2 Å². The molecule has 14 heteroatoms. The van der Waals surface area contributed by atoms with Crippen molar-refractivity contribution in [3.05, 3.63) is 83.4 Å². The fourth-order valence-electron chi connectivity index (χ4n) is 5.11. The second-order valence-electron chi connectivity index (χ2n) is 10.3. The Balaban J connectivity index is 1.46. The molecule has 6 rings (SSSR count). The van der Waals surface area contributed by atoms with Gasteiger partial charge in [0.05, 0.1) is 23.5 Å². The van der Waals surface area contributed by atoms with E-state index in [4.69, 9.17) is 4.52 Å². The van der Waals surface area contributed by atoms with Crippen LogP contribution < -0.4 is 0 Å². The highest BCUT2D eigenvalue weighted by atomic mass is 19.4. The number of nitrogens with zero attached hydrogens (tertiary/aromatic N) is 5. The average molecular weight is 600 g/mol. The molecule has 0 radical (unpaired) electrons.